The fourth-order valence-electron chi connectivity index (χ4n) is 1.81. The normalized spacial score (nSPS) is 10.2. The predicted molar refractivity (Wildman–Crippen MR) is 87.4 cm³/mol. The van der Waals surface area contributed by atoms with Crippen LogP contribution in [0.25, 0.3) is 0 Å². The smallest absolute Gasteiger partial charge is 0.283 e. The molecule has 1 N–H and O–H groups in total. The van der Waals surface area contributed by atoms with E-state index in [2.05, 4.69) is 5.32 Å². The van der Waals surface area contributed by atoms with Gasteiger partial charge in [0.1, 0.15) is 17.9 Å². The number of nitrogens with zero attached hydrogens (tertiary/aromatic N) is 1. The van der Waals surface area contributed by atoms with E-state index in [4.69, 9.17) is 27.9 Å². The van der Waals surface area contributed by atoms with E-state index in [0.717, 1.165) is 6.07 Å². The van der Waals surface area contributed by atoms with Crippen LogP contribution in [0.2, 0.25) is 10.0 Å². The number of halogens is 2. The highest BCUT2D eigenvalue weighted by molar-refractivity contribution is 6.31. The number of ether oxygens (including phenoxy) is 1. The molecule has 120 valence electrons. The summed E-state index contributed by atoms with van der Waals surface area (Å²) in [6, 6.07) is 10.7. The largest absolute Gasteiger partial charge is 0.492 e. The van der Waals surface area contributed by atoms with Gasteiger partial charge < -0.3 is 10.1 Å². The molecule has 0 aliphatic rings. The number of amides is 1. The third-order valence-electron chi connectivity index (χ3n) is 2.87. The van der Waals surface area contributed by atoms with Crippen LogP contribution in [0.4, 0.5) is 5.69 Å². The molecular formula is C15H12Cl2N2O4. The first-order valence-electron chi connectivity index (χ1n) is 6.58. The first-order valence-corrected chi connectivity index (χ1v) is 7.33. The Morgan fingerprint density at radius 3 is 2.43 bits per heavy atom. The lowest BCUT2D eigenvalue weighted by Crippen LogP contribution is -2.28. The lowest BCUT2D eigenvalue weighted by atomic mass is 10.1. The maximum Gasteiger partial charge on any atom is 0.283 e. The predicted octanol–water partition coefficient (Wildman–Crippen LogP) is 3.71. The molecule has 0 aromatic heterocycles. The minimum absolute atomic E-state index is 0.0501. The fourth-order valence-corrected chi connectivity index (χ4v) is 2.10. The molecule has 23 heavy (non-hydrogen) atoms. The summed E-state index contributed by atoms with van der Waals surface area (Å²) in [6.07, 6.45) is 0. The summed E-state index contributed by atoms with van der Waals surface area (Å²) < 4.78 is 5.42. The van der Waals surface area contributed by atoms with Crippen molar-refractivity contribution in [2.75, 3.05) is 13.2 Å². The van der Waals surface area contributed by atoms with E-state index in [1.807, 2.05) is 0 Å². The molecule has 8 heteroatoms. The molecule has 0 aliphatic heterocycles. The van der Waals surface area contributed by atoms with Gasteiger partial charge in [-0.25, -0.2) is 0 Å². The van der Waals surface area contributed by atoms with Gasteiger partial charge in [-0.3, -0.25) is 14.9 Å². The maximum atomic E-state index is 12.0. The van der Waals surface area contributed by atoms with Gasteiger partial charge in [-0.15, -0.1) is 0 Å². The van der Waals surface area contributed by atoms with Gasteiger partial charge >= 0.3 is 0 Å². The zero-order valence-corrected chi connectivity index (χ0v) is 13.3. The number of hydrogen-bond donors (Lipinski definition) is 1. The third-order valence-corrected chi connectivity index (χ3v) is 3.36. The summed E-state index contributed by atoms with van der Waals surface area (Å²) in [5.41, 5.74) is -0.389. The third kappa shape index (κ3) is 4.84. The van der Waals surface area contributed by atoms with Crippen LogP contribution in [0.3, 0.4) is 0 Å². The Labute approximate surface area is 142 Å². The van der Waals surface area contributed by atoms with E-state index in [-0.39, 0.29) is 29.4 Å². The zero-order chi connectivity index (χ0) is 16.8. The van der Waals surface area contributed by atoms with Gasteiger partial charge in [-0.2, -0.15) is 0 Å². The van der Waals surface area contributed by atoms with Gasteiger partial charge in [0.2, 0.25) is 0 Å². The van der Waals surface area contributed by atoms with Gasteiger partial charge in [0.05, 0.1) is 11.5 Å². The zero-order valence-electron chi connectivity index (χ0n) is 11.8. The van der Waals surface area contributed by atoms with Gasteiger partial charge in [-0.05, 0) is 36.4 Å². The molecule has 0 atom stereocenters. The highest BCUT2D eigenvalue weighted by Gasteiger charge is 2.20. The topological polar surface area (TPSA) is 81.5 Å². The Hall–Kier alpha value is -2.31. The number of nitrogens with one attached hydrogen (secondary N) is 1. The molecule has 2 aromatic rings. The first kappa shape index (κ1) is 17.1. The van der Waals surface area contributed by atoms with E-state index in [1.54, 1.807) is 24.3 Å². The SMILES string of the molecule is O=C(NCCOc1ccc(Cl)cc1)c1ccc(Cl)cc1[N+](=O)[O-]. The summed E-state index contributed by atoms with van der Waals surface area (Å²) in [4.78, 5) is 22.3. The fraction of sp³-hybridized carbons (Fsp3) is 0.133. The van der Waals surface area contributed by atoms with Crippen LogP contribution in [0.15, 0.2) is 42.5 Å². The van der Waals surface area contributed by atoms with Gasteiger partial charge in [0.15, 0.2) is 0 Å². The number of hydrogen-bond acceptors (Lipinski definition) is 4. The molecule has 0 aliphatic carbocycles. The molecule has 0 bridgehead atoms. The van der Waals surface area contributed by atoms with Crippen molar-refractivity contribution in [3.8, 4) is 5.75 Å². The Bertz CT molecular complexity index is 720. The molecule has 0 saturated carbocycles. The Balaban J connectivity index is 1.90. The average molecular weight is 355 g/mol. The molecule has 0 unspecified atom stereocenters. The van der Waals surface area contributed by atoms with E-state index >= 15 is 0 Å². The van der Waals surface area contributed by atoms with Crippen LogP contribution >= 0.6 is 23.2 Å². The second-order valence-corrected chi connectivity index (χ2v) is 5.35. The molecule has 2 rings (SSSR count). The van der Waals surface area contributed by atoms with Crippen molar-refractivity contribution >= 4 is 34.8 Å². The number of carbonyl (C=O) groups is 1. The summed E-state index contributed by atoms with van der Waals surface area (Å²) >= 11 is 11.5. The minimum atomic E-state index is -0.648. The number of carbonyl (C=O) groups excluding carboxylic acids is 1. The second kappa shape index (κ2) is 7.80. The molecule has 0 heterocycles. The number of nitro groups is 1. The molecule has 0 fully saturated rings. The standard InChI is InChI=1S/C15H12Cl2N2O4/c16-10-1-4-12(5-2-10)23-8-7-18-15(20)13-6-3-11(17)9-14(13)19(21)22/h1-6,9H,7-8H2,(H,18,20). The molecule has 6 nitrogen and oxygen atoms in total. The second-order valence-electron chi connectivity index (χ2n) is 4.48. The molecule has 2 aromatic carbocycles. The lowest BCUT2D eigenvalue weighted by Gasteiger charge is -2.08. The van der Waals surface area contributed by atoms with E-state index in [9.17, 15) is 14.9 Å². The maximum absolute atomic E-state index is 12.0. The van der Waals surface area contributed by atoms with Crippen LogP contribution in [0.5, 0.6) is 5.75 Å². The van der Waals surface area contributed by atoms with Crippen molar-refractivity contribution in [3.63, 3.8) is 0 Å². The summed E-state index contributed by atoms with van der Waals surface area (Å²) in [7, 11) is 0. The molecule has 0 saturated heterocycles. The van der Waals surface area contributed by atoms with Crippen LogP contribution in [-0.2, 0) is 0 Å². The van der Waals surface area contributed by atoms with Crippen LogP contribution in [0, 0.1) is 10.1 Å². The Kier molecular flexibility index (Phi) is 5.78. The van der Waals surface area contributed by atoms with Crippen LogP contribution < -0.4 is 10.1 Å². The van der Waals surface area contributed by atoms with Gasteiger partial charge in [0, 0.05) is 16.1 Å². The molecule has 1 amide bonds. The monoisotopic (exact) mass is 354 g/mol. The summed E-state index contributed by atoms with van der Waals surface area (Å²) in [5, 5.41) is 14.3. The minimum Gasteiger partial charge on any atom is -0.492 e. The quantitative estimate of drug-likeness (QED) is 0.487. The van der Waals surface area contributed by atoms with Crippen molar-refractivity contribution in [1.82, 2.24) is 5.32 Å². The van der Waals surface area contributed by atoms with Crippen molar-refractivity contribution in [1.29, 1.82) is 0 Å². The van der Waals surface area contributed by atoms with E-state index < -0.39 is 10.8 Å². The van der Waals surface area contributed by atoms with Crippen molar-refractivity contribution in [3.05, 3.63) is 68.2 Å². The van der Waals surface area contributed by atoms with Gasteiger partial charge in [0.25, 0.3) is 11.6 Å². The molecule has 0 radical (unpaired) electrons. The highest BCUT2D eigenvalue weighted by atomic mass is 35.5. The summed E-state index contributed by atoms with van der Waals surface area (Å²) in [5.74, 6) is 0.0502. The van der Waals surface area contributed by atoms with Crippen LogP contribution in [-0.4, -0.2) is 24.0 Å². The highest BCUT2D eigenvalue weighted by Crippen LogP contribution is 2.23. The van der Waals surface area contributed by atoms with Crippen LogP contribution in [0.1, 0.15) is 10.4 Å². The first-order chi connectivity index (χ1) is 11.0. The number of rotatable bonds is 6. The number of benzene rings is 2. The summed E-state index contributed by atoms with van der Waals surface area (Å²) in [6.45, 7) is 0.413. The van der Waals surface area contributed by atoms with Crippen molar-refractivity contribution in [2.45, 2.75) is 0 Å². The van der Waals surface area contributed by atoms with E-state index in [1.165, 1.54) is 12.1 Å². The van der Waals surface area contributed by atoms with Gasteiger partial charge in [-0.1, -0.05) is 23.2 Å². The Morgan fingerprint density at radius 2 is 1.78 bits per heavy atom. The van der Waals surface area contributed by atoms with E-state index in [0.29, 0.717) is 10.8 Å². The van der Waals surface area contributed by atoms with Crippen molar-refractivity contribution in [2.24, 2.45) is 0 Å². The molecule has 0 spiro atoms. The van der Waals surface area contributed by atoms with Crippen molar-refractivity contribution < 1.29 is 14.5 Å². The molecular weight excluding hydrogens is 343 g/mol. The number of nitro benzene ring substituents is 1. The average Bonchev–Trinajstić information content (AvgIpc) is 2.53. The Morgan fingerprint density at radius 1 is 1.13 bits per heavy atom. The lowest BCUT2D eigenvalue weighted by molar-refractivity contribution is -0.385.